The zero-order chi connectivity index (χ0) is 12.5. The predicted molar refractivity (Wildman–Crippen MR) is 70.5 cm³/mol. The van der Waals surface area contributed by atoms with Gasteiger partial charge in [0.15, 0.2) is 17.8 Å². The molecule has 1 aromatic carbocycles. The van der Waals surface area contributed by atoms with Crippen LogP contribution in [-0.4, -0.2) is 26.0 Å². The van der Waals surface area contributed by atoms with Crippen LogP contribution in [-0.2, 0) is 0 Å². The zero-order valence-electron chi connectivity index (χ0n) is 9.87. The maximum absolute atomic E-state index is 11.1. The van der Waals surface area contributed by atoms with Crippen molar-refractivity contribution >= 4 is 22.2 Å². The Bertz CT molecular complexity index is 484. The molecule has 2 heterocycles. The number of halogens is 1. The van der Waals surface area contributed by atoms with Crippen LogP contribution in [0.3, 0.4) is 0 Å². The van der Waals surface area contributed by atoms with Gasteiger partial charge in [0.1, 0.15) is 13.2 Å². The number of aldehydes is 1. The van der Waals surface area contributed by atoms with Gasteiger partial charge in [0, 0.05) is 16.1 Å². The number of hydrogen-bond donors (Lipinski definition) is 1. The van der Waals surface area contributed by atoms with Crippen LogP contribution in [0.15, 0.2) is 10.5 Å². The van der Waals surface area contributed by atoms with Crippen molar-refractivity contribution in [1.82, 2.24) is 5.32 Å². The number of rotatable bonds is 2. The van der Waals surface area contributed by atoms with E-state index in [2.05, 4.69) is 21.2 Å². The average molecular weight is 312 g/mol. The van der Waals surface area contributed by atoms with Crippen molar-refractivity contribution in [2.24, 2.45) is 0 Å². The number of carbonyl (C=O) groups excluding carboxylic acids is 1. The summed E-state index contributed by atoms with van der Waals surface area (Å²) in [6.07, 6.45) is 3.04. The molecule has 0 aliphatic carbocycles. The lowest BCUT2D eigenvalue weighted by Gasteiger charge is -2.25. The lowest BCUT2D eigenvalue weighted by Crippen LogP contribution is -2.21. The van der Waals surface area contributed by atoms with E-state index in [1.807, 2.05) is 6.07 Å². The Morgan fingerprint density at radius 2 is 2.11 bits per heavy atom. The van der Waals surface area contributed by atoms with E-state index in [1.54, 1.807) is 0 Å². The Kier molecular flexibility index (Phi) is 3.26. The van der Waals surface area contributed by atoms with Gasteiger partial charge in [-0.15, -0.1) is 0 Å². The van der Waals surface area contributed by atoms with E-state index in [4.69, 9.17) is 9.47 Å². The fraction of sp³-hybridized carbons (Fsp3) is 0.462. The number of hydrogen-bond acceptors (Lipinski definition) is 4. The van der Waals surface area contributed by atoms with Gasteiger partial charge in [-0.3, -0.25) is 4.79 Å². The minimum Gasteiger partial charge on any atom is -0.486 e. The van der Waals surface area contributed by atoms with Crippen LogP contribution >= 0.6 is 15.9 Å². The zero-order valence-corrected chi connectivity index (χ0v) is 11.5. The van der Waals surface area contributed by atoms with Crippen LogP contribution in [0, 0.1) is 0 Å². The van der Waals surface area contributed by atoms with E-state index in [-0.39, 0.29) is 6.04 Å². The maximum Gasteiger partial charge on any atom is 0.172 e. The first-order chi connectivity index (χ1) is 8.81. The number of ether oxygens (including phenoxy) is 2. The Labute approximate surface area is 114 Å². The van der Waals surface area contributed by atoms with Crippen molar-refractivity contribution in [3.8, 4) is 11.5 Å². The number of benzene rings is 1. The monoisotopic (exact) mass is 311 g/mol. The van der Waals surface area contributed by atoms with Gasteiger partial charge in [-0.2, -0.15) is 0 Å². The molecule has 1 N–H and O–H groups in total. The first kappa shape index (κ1) is 12.0. The highest BCUT2D eigenvalue weighted by Gasteiger charge is 2.29. The summed E-state index contributed by atoms with van der Waals surface area (Å²) in [5.41, 5.74) is 1.62. The third kappa shape index (κ3) is 1.91. The molecule has 1 fully saturated rings. The Balaban J connectivity index is 2.14. The van der Waals surface area contributed by atoms with Crippen molar-refractivity contribution in [2.45, 2.75) is 18.9 Å². The fourth-order valence-corrected chi connectivity index (χ4v) is 3.27. The molecule has 18 heavy (non-hydrogen) atoms. The molecule has 0 amide bonds. The average Bonchev–Trinajstić information content (AvgIpc) is 2.91. The van der Waals surface area contributed by atoms with Gasteiger partial charge in [0.25, 0.3) is 0 Å². The van der Waals surface area contributed by atoms with Crippen molar-refractivity contribution in [3.63, 3.8) is 0 Å². The highest BCUT2D eigenvalue weighted by molar-refractivity contribution is 9.10. The third-order valence-electron chi connectivity index (χ3n) is 3.36. The van der Waals surface area contributed by atoms with Crippen LogP contribution in [0.4, 0.5) is 0 Å². The second kappa shape index (κ2) is 4.90. The number of nitrogens with one attached hydrogen (secondary N) is 1. The van der Waals surface area contributed by atoms with E-state index in [0.29, 0.717) is 24.5 Å². The van der Waals surface area contributed by atoms with E-state index < -0.39 is 0 Å². The second-order valence-corrected chi connectivity index (χ2v) is 5.34. The molecule has 0 bridgehead atoms. The normalized spacial score (nSPS) is 21.9. The first-order valence-corrected chi connectivity index (χ1v) is 6.91. The summed E-state index contributed by atoms with van der Waals surface area (Å²) in [6, 6.07) is 2.09. The standard InChI is InChI=1S/C13H14BrNO3/c14-9-6-8(7-16)12-13(18-5-4-17-12)11(9)10-2-1-3-15-10/h6-7,10,15H,1-5H2. The quantitative estimate of drug-likeness (QED) is 0.852. The minimum atomic E-state index is 0.274. The van der Waals surface area contributed by atoms with Gasteiger partial charge < -0.3 is 14.8 Å². The molecule has 96 valence electrons. The second-order valence-electron chi connectivity index (χ2n) is 4.48. The maximum atomic E-state index is 11.1. The molecule has 1 unspecified atom stereocenters. The highest BCUT2D eigenvalue weighted by Crippen LogP contribution is 2.45. The van der Waals surface area contributed by atoms with Crippen LogP contribution in [0.5, 0.6) is 11.5 Å². The topological polar surface area (TPSA) is 47.6 Å². The van der Waals surface area contributed by atoms with Crippen LogP contribution in [0.25, 0.3) is 0 Å². The van der Waals surface area contributed by atoms with Gasteiger partial charge >= 0.3 is 0 Å². The Morgan fingerprint density at radius 1 is 1.33 bits per heavy atom. The van der Waals surface area contributed by atoms with Gasteiger partial charge in [0.05, 0.1) is 5.56 Å². The molecule has 3 rings (SSSR count). The molecule has 0 aromatic heterocycles. The Morgan fingerprint density at radius 3 is 2.78 bits per heavy atom. The van der Waals surface area contributed by atoms with Gasteiger partial charge in [0.2, 0.25) is 0 Å². The summed E-state index contributed by atoms with van der Waals surface area (Å²) in [5, 5.41) is 3.45. The summed E-state index contributed by atoms with van der Waals surface area (Å²) in [4.78, 5) is 11.1. The van der Waals surface area contributed by atoms with Gasteiger partial charge in [-0.1, -0.05) is 15.9 Å². The van der Waals surface area contributed by atoms with Crippen LogP contribution in [0.1, 0.15) is 34.8 Å². The summed E-state index contributed by atoms with van der Waals surface area (Å²) >= 11 is 3.54. The first-order valence-electron chi connectivity index (χ1n) is 6.12. The summed E-state index contributed by atoms with van der Waals surface area (Å²) in [5.74, 6) is 1.31. The van der Waals surface area contributed by atoms with Crippen molar-refractivity contribution < 1.29 is 14.3 Å². The molecule has 1 aromatic rings. The Hall–Kier alpha value is -1.07. The van der Waals surface area contributed by atoms with E-state index in [1.165, 1.54) is 0 Å². The smallest absolute Gasteiger partial charge is 0.172 e. The van der Waals surface area contributed by atoms with E-state index in [9.17, 15) is 4.79 Å². The summed E-state index contributed by atoms with van der Waals surface area (Å²) < 4.78 is 12.2. The predicted octanol–water partition coefficient (Wildman–Crippen LogP) is 2.46. The molecule has 0 saturated carbocycles. The molecule has 0 radical (unpaired) electrons. The summed E-state index contributed by atoms with van der Waals surface area (Å²) in [6.45, 7) is 2.04. The van der Waals surface area contributed by atoms with Crippen LogP contribution < -0.4 is 14.8 Å². The van der Waals surface area contributed by atoms with Gasteiger partial charge in [-0.25, -0.2) is 0 Å². The molecule has 4 nitrogen and oxygen atoms in total. The molecule has 2 aliphatic heterocycles. The van der Waals surface area contributed by atoms with Crippen molar-refractivity contribution in [1.29, 1.82) is 0 Å². The molecule has 5 heteroatoms. The van der Waals surface area contributed by atoms with E-state index in [0.717, 1.165) is 41.5 Å². The molecule has 1 atom stereocenters. The third-order valence-corrected chi connectivity index (χ3v) is 4.02. The molecular formula is C13H14BrNO3. The van der Waals surface area contributed by atoms with Crippen molar-refractivity contribution in [3.05, 3.63) is 21.7 Å². The highest BCUT2D eigenvalue weighted by atomic mass is 79.9. The van der Waals surface area contributed by atoms with E-state index >= 15 is 0 Å². The minimum absolute atomic E-state index is 0.274. The largest absolute Gasteiger partial charge is 0.486 e. The molecule has 0 spiro atoms. The molecular weight excluding hydrogens is 298 g/mol. The van der Waals surface area contributed by atoms with Gasteiger partial charge in [-0.05, 0) is 25.5 Å². The lowest BCUT2D eigenvalue weighted by molar-refractivity contribution is 0.111. The lowest BCUT2D eigenvalue weighted by atomic mass is 10.0. The van der Waals surface area contributed by atoms with Crippen LogP contribution in [0.2, 0.25) is 0 Å². The number of fused-ring (bicyclic) bond motifs is 1. The SMILES string of the molecule is O=Cc1cc(Br)c(C2CCCN2)c2c1OCCO2. The summed E-state index contributed by atoms with van der Waals surface area (Å²) in [7, 11) is 0. The fourth-order valence-electron chi connectivity index (χ4n) is 2.56. The van der Waals surface area contributed by atoms with Crippen molar-refractivity contribution in [2.75, 3.05) is 19.8 Å². The number of carbonyl (C=O) groups is 1. The molecule has 1 saturated heterocycles. The molecule has 2 aliphatic rings.